The summed E-state index contributed by atoms with van der Waals surface area (Å²) in [6, 6.07) is 16.6. The van der Waals surface area contributed by atoms with Crippen LogP contribution in [0.25, 0.3) is 21.9 Å². The molecule has 0 bridgehead atoms. The van der Waals surface area contributed by atoms with E-state index in [0.717, 1.165) is 16.4 Å². The molecule has 0 atom stereocenters. The Morgan fingerprint density at radius 2 is 1.76 bits per heavy atom. The fourth-order valence-electron chi connectivity index (χ4n) is 2.81. The fourth-order valence-corrected chi connectivity index (χ4v) is 2.81. The summed E-state index contributed by atoms with van der Waals surface area (Å²) < 4.78 is 24.3. The predicted molar refractivity (Wildman–Crippen MR) is 94.6 cm³/mol. The van der Waals surface area contributed by atoms with Gasteiger partial charge in [-0.1, -0.05) is 18.2 Å². The summed E-state index contributed by atoms with van der Waals surface area (Å²) in [6.45, 7) is 0. The molecule has 0 saturated carbocycles. The van der Waals surface area contributed by atoms with Gasteiger partial charge in [0.25, 0.3) is 5.91 Å². The Morgan fingerprint density at radius 3 is 2.52 bits per heavy atom. The molecule has 0 fully saturated rings. The summed E-state index contributed by atoms with van der Waals surface area (Å²) in [4.78, 5) is 12.4. The van der Waals surface area contributed by atoms with E-state index in [0.29, 0.717) is 22.6 Å². The molecule has 0 radical (unpaired) electrons. The van der Waals surface area contributed by atoms with Crippen LogP contribution in [0.3, 0.4) is 0 Å². The molecule has 3 aromatic carbocycles. The highest BCUT2D eigenvalue weighted by Crippen LogP contribution is 2.36. The third-order valence-corrected chi connectivity index (χ3v) is 4.05. The van der Waals surface area contributed by atoms with Gasteiger partial charge in [-0.2, -0.15) is 0 Å². The second-order valence-electron chi connectivity index (χ2n) is 5.61. The summed E-state index contributed by atoms with van der Waals surface area (Å²) in [5.41, 5.74) is 2.26. The van der Waals surface area contributed by atoms with E-state index < -0.39 is 5.82 Å². The summed E-state index contributed by atoms with van der Waals surface area (Å²) in [6.07, 6.45) is 0. The van der Waals surface area contributed by atoms with Crippen molar-refractivity contribution in [3.8, 4) is 5.75 Å². The topological polar surface area (TPSA) is 51.5 Å². The van der Waals surface area contributed by atoms with Gasteiger partial charge in [-0.05, 0) is 36.4 Å². The number of carbonyl (C=O) groups excluding carboxylic acids is 1. The summed E-state index contributed by atoms with van der Waals surface area (Å²) in [5, 5.41) is 4.68. The number of halogens is 1. The van der Waals surface area contributed by atoms with Crippen molar-refractivity contribution in [2.75, 3.05) is 12.4 Å². The maximum absolute atomic E-state index is 13.0. The number of hydrogen-bond acceptors (Lipinski definition) is 3. The van der Waals surface area contributed by atoms with Crippen LogP contribution in [0.4, 0.5) is 10.1 Å². The lowest BCUT2D eigenvalue weighted by Crippen LogP contribution is -2.12. The smallest absolute Gasteiger partial charge is 0.255 e. The number of anilines is 1. The minimum Gasteiger partial charge on any atom is -0.495 e. The lowest BCUT2D eigenvalue weighted by Gasteiger charge is -2.10. The molecule has 25 heavy (non-hydrogen) atoms. The average molecular weight is 335 g/mol. The van der Waals surface area contributed by atoms with Gasteiger partial charge >= 0.3 is 0 Å². The Bertz CT molecular complexity index is 1080. The number of carbonyl (C=O) groups is 1. The maximum atomic E-state index is 13.0. The van der Waals surface area contributed by atoms with E-state index in [9.17, 15) is 9.18 Å². The third-order valence-electron chi connectivity index (χ3n) is 4.05. The number of ether oxygens (including phenoxy) is 1. The van der Waals surface area contributed by atoms with Crippen LogP contribution in [0.15, 0.2) is 65.1 Å². The molecule has 0 aliphatic rings. The monoisotopic (exact) mass is 335 g/mol. The molecule has 0 aliphatic carbocycles. The Hall–Kier alpha value is -3.34. The van der Waals surface area contributed by atoms with Crippen LogP contribution in [0.2, 0.25) is 0 Å². The van der Waals surface area contributed by atoms with E-state index in [4.69, 9.17) is 9.15 Å². The first-order chi connectivity index (χ1) is 12.2. The van der Waals surface area contributed by atoms with Gasteiger partial charge in [0.05, 0.1) is 12.8 Å². The molecule has 4 aromatic rings. The van der Waals surface area contributed by atoms with Gasteiger partial charge in [0.15, 0.2) is 0 Å². The van der Waals surface area contributed by atoms with Crippen LogP contribution in [0, 0.1) is 5.82 Å². The van der Waals surface area contributed by atoms with Crippen LogP contribution in [0.1, 0.15) is 10.4 Å². The van der Waals surface area contributed by atoms with Gasteiger partial charge in [0, 0.05) is 22.4 Å². The lowest BCUT2D eigenvalue weighted by atomic mass is 10.1. The number of hydrogen-bond donors (Lipinski definition) is 1. The van der Waals surface area contributed by atoms with Crippen LogP contribution >= 0.6 is 0 Å². The van der Waals surface area contributed by atoms with Crippen molar-refractivity contribution < 1.29 is 18.3 Å². The zero-order chi connectivity index (χ0) is 17.4. The molecule has 124 valence electrons. The Morgan fingerprint density at radius 1 is 1.00 bits per heavy atom. The van der Waals surface area contributed by atoms with Crippen LogP contribution in [-0.4, -0.2) is 13.0 Å². The highest BCUT2D eigenvalue weighted by molar-refractivity contribution is 6.10. The zero-order valence-electron chi connectivity index (χ0n) is 13.4. The molecule has 1 amide bonds. The minimum absolute atomic E-state index is 0.353. The SMILES string of the molecule is COc1cc2c(cc1NC(=O)c1ccc(F)cc1)oc1ccccc12. The van der Waals surface area contributed by atoms with Crippen molar-refractivity contribution >= 4 is 33.5 Å². The summed E-state index contributed by atoms with van der Waals surface area (Å²) >= 11 is 0. The fraction of sp³-hybridized carbons (Fsp3) is 0.0500. The van der Waals surface area contributed by atoms with Crippen molar-refractivity contribution in [1.29, 1.82) is 0 Å². The molecule has 1 heterocycles. The van der Waals surface area contributed by atoms with Crippen LogP contribution in [0.5, 0.6) is 5.75 Å². The van der Waals surface area contributed by atoms with E-state index in [1.54, 1.807) is 6.07 Å². The normalized spacial score (nSPS) is 11.0. The molecular formula is C20H14FNO3. The standard InChI is InChI=1S/C20H14FNO3/c1-24-19-10-15-14-4-2-3-5-17(14)25-18(15)11-16(19)22-20(23)12-6-8-13(21)9-7-12/h2-11H,1H3,(H,22,23). The number of methoxy groups -OCH3 is 1. The van der Waals surface area contributed by atoms with Gasteiger partial charge in [-0.15, -0.1) is 0 Å². The van der Waals surface area contributed by atoms with Crippen LogP contribution < -0.4 is 10.1 Å². The Labute approximate surface area is 142 Å². The molecule has 1 N–H and O–H groups in total. The minimum atomic E-state index is -0.391. The summed E-state index contributed by atoms with van der Waals surface area (Å²) in [5.74, 6) is -0.221. The van der Waals surface area contributed by atoms with Gasteiger partial charge in [0.1, 0.15) is 22.7 Å². The largest absolute Gasteiger partial charge is 0.495 e. The number of benzene rings is 3. The van der Waals surface area contributed by atoms with Crippen molar-refractivity contribution in [2.45, 2.75) is 0 Å². The van der Waals surface area contributed by atoms with Crippen molar-refractivity contribution in [2.24, 2.45) is 0 Å². The first-order valence-electron chi connectivity index (χ1n) is 7.72. The maximum Gasteiger partial charge on any atom is 0.255 e. The third kappa shape index (κ3) is 2.70. The van der Waals surface area contributed by atoms with Crippen molar-refractivity contribution in [3.05, 3.63) is 72.0 Å². The van der Waals surface area contributed by atoms with Gasteiger partial charge in [-0.3, -0.25) is 4.79 Å². The number of nitrogens with one attached hydrogen (secondary N) is 1. The molecule has 0 saturated heterocycles. The molecule has 4 nitrogen and oxygen atoms in total. The number of para-hydroxylation sites is 1. The number of fused-ring (bicyclic) bond motifs is 3. The lowest BCUT2D eigenvalue weighted by molar-refractivity contribution is 0.102. The quantitative estimate of drug-likeness (QED) is 0.574. The van der Waals surface area contributed by atoms with E-state index in [1.807, 2.05) is 30.3 Å². The Kier molecular flexibility index (Phi) is 3.61. The highest BCUT2D eigenvalue weighted by Gasteiger charge is 2.15. The first kappa shape index (κ1) is 15.2. The van der Waals surface area contributed by atoms with Gasteiger partial charge in [0.2, 0.25) is 0 Å². The second kappa shape index (κ2) is 5.94. The van der Waals surface area contributed by atoms with E-state index in [2.05, 4.69) is 5.32 Å². The average Bonchev–Trinajstić information content (AvgIpc) is 2.99. The first-order valence-corrected chi connectivity index (χ1v) is 7.72. The van der Waals surface area contributed by atoms with Crippen LogP contribution in [-0.2, 0) is 0 Å². The van der Waals surface area contributed by atoms with E-state index >= 15 is 0 Å². The van der Waals surface area contributed by atoms with Gasteiger partial charge < -0.3 is 14.5 Å². The second-order valence-corrected chi connectivity index (χ2v) is 5.61. The highest BCUT2D eigenvalue weighted by atomic mass is 19.1. The molecule has 1 aromatic heterocycles. The number of furan rings is 1. The number of rotatable bonds is 3. The Balaban J connectivity index is 1.76. The molecule has 5 heteroatoms. The molecule has 4 rings (SSSR count). The van der Waals surface area contributed by atoms with Crippen molar-refractivity contribution in [3.63, 3.8) is 0 Å². The van der Waals surface area contributed by atoms with Gasteiger partial charge in [-0.25, -0.2) is 4.39 Å². The van der Waals surface area contributed by atoms with Crippen molar-refractivity contribution in [1.82, 2.24) is 0 Å². The molecule has 0 unspecified atom stereocenters. The van der Waals surface area contributed by atoms with E-state index in [1.165, 1.54) is 31.4 Å². The number of amides is 1. The molecule has 0 spiro atoms. The van der Waals surface area contributed by atoms with E-state index in [-0.39, 0.29) is 5.91 Å². The molecule has 0 aliphatic heterocycles. The summed E-state index contributed by atoms with van der Waals surface area (Å²) in [7, 11) is 1.54. The molecular weight excluding hydrogens is 321 g/mol. The predicted octanol–water partition coefficient (Wildman–Crippen LogP) is 4.99. The zero-order valence-corrected chi connectivity index (χ0v) is 13.4.